The van der Waals surface area contributed by atoms with Gasteiger partial charge in [0.15, 0.2) is 0 Å². The maximum atomic E-state index is 8.56. The molecule has 1 aliphatic heterocycles. The molecule has 3 heteroatoms. The summed E-state index contributed by atoms with van der Waals surface area (Å²) in [6.45, 7) is 4.01. The Kier molecular flexibility index (Phi) is 2.05. The lowest BCUT2D eigenvalue weighted by molar-refractivity contribution is 0.219. The minimum atomic E-state index is 0.951. The Hall–Kier alpha value is -0.570. The van der Waals surface area contributed by atoms with Crippen molar-refractivity contribution in [3.63, 3.8) is 0 Å². The van der Waals surface area contributed by atoms with Crippen LogP contribution in [0.5, 0.6) is 0 Å². The van der Waals surface area contributed by atoms with Gasteiger partial charge in [-0.05, 0) is 7.05 Å². The van der Waals surface area contributed by atoms with Crippen LogP contribution >= 0.6 is 0 Å². The van der Waals surface area contributed by atoms with E-state index < -0.39 is 0 Å². The molecule has 0 amide bonds. The Morgan fingerprint density at radius 1 is 1.22 bits per heavy atom. The molecule has 1 aliphatic rings. The van der Waals surface area contributed by atoms with Crippen molar-refractivity contribution in [2.24, 2.45) is 0 Å². The average molecular weight is 126 g/mol. The molecule has 0 aromatic rings. The molecule has 0 N–H and O–H groups in total. The van der Waals surface area contributed by atoms with Crippen molar-refractivity contribution >= 4 is 6.34 Å². The van der Waals surface area contributed by atoms with Gasteiger partial charge in [-0.25, -0.2) is 0 Å². The zero-order valence-electron chi connectivity index (χ0n) is 5.75. The van der Waals surface area contributed by atoms with Gasteiger partial charge in [0.05, 0.1) is 0 Å². The van der Waals surface area contributed by atoms with E-state index in [1.165, 1.54) is 6.34 Å². The van der Waals surface area contributed by atoms with Crippen molar-refractivity contribution in [3.05, 3.63) is 0 Å². The van der Waals surface area contributed by atoms with Gasteiger partial charge in [-0.1, -0.05) is 0 Å². The van der Waals surface area contributed by atoms with Crippen LogP contribution in [0.25, 0.3) is 0 Å². The van der Waals surface area contributed by atoms with Gasteiger partial charge in [0.2, 0.25) is 0 Å². The standard InChI is InChI=1S/C6H12N3/c1-8-2-4-9(6-7)5-3-8/h6H,2-5H2,1H3. The van der Waals surface area contributed by atoms with Crippen LogP contribution in [0.2, 0.25) is 0 Å². The molecule has 51 valence electrons. The van der Waals surface area contributed by atoms with Crippen molar-refractivity contribution in [2.45, 2.75) is 0 Å². The second kappa shape index (κ2) is 2.82. The van der Waals surface area contributed by atoms with Gasteiger partial charge >= 0.3 is 0 Å². The number of hydrogen-bond acceptors (Lipinski definition) is 1. The molecule has 0 aromatic heterocycles. The first-order chi connectivity index (χ1) is 4.33. The molecule has 0 saturated carbocycles. The molecule has 0 bridgehead atoms. The van der Waals surface area contributed by atoms with Crippen LogP contribution < -0.4 is 5.41 Å². The Balaban J connectivity index is 2.26. The molecule has 0 aromatic carbocycles. The van der Waals surface area contributed by atoms with E-state index in [1.54, 1.807) is 0 Å². The molecule has 1 heterocycles. The predicted octanol–water partition coefficient (Wildman–Crippen LogP) is -0.938. The molecule has 0 spiro atoms. The van der Waals surface area contributed by atoms with Crippen LogP contribution in [0.4, 0.5) is 0 Å². The number of likely N-dealkylation sites (N-methyl/N-ethyl adjacent to an activating group) is 1. The lowest BCUT2D eigenvalue weighted by Gasteiger charge is -2.29. The molecular formula is C6H12N3. The van der Waals surface area contributed by atoms with E-state index in [2.05, 4.69) is 11.9 Å². The van der Waals surface area contributed by atoms with E-state index >= 15 is 0 Å². The first kappa shape index (κ1) is 6.55. The third kappa shape index (κ3) is 1.68. The lowest BCUT2D eigenvalue weighted by atomic mass is 10.4. The van der Waals surface area contributed by atoms with Gasteiger partial charge in [0.25, 0.3) is 0 Å². The minimum Gasteiger partial charge on any atom is -0.359 e. The Labute approximate surface area is 55.8 Å². The summed E-state index contributed by atoms with van der Waals surface area (Å²) >= 11 is 0. The van der Waals surface area contributed by atoms with Gasteiger partial charge in [-0.2, -0.15) is 0 Å². The summed E-state index contributed by atoms with van der Waals surface area (Å²) in [7, 11) is 2.09. The summed E-state index contributed by atoms with van der Waals surface area (Å²) in [5.41, 5.74) is 0. The van der Waals surface area contributed by atoms with E-state index in [-0.39, 0.29) is 0 Å². The zero-order chi connectivity index (χ0) is 6.69. The summed E-state index contributed by atoms with van der Waals surface area (Å²) in [6.07, 6.45) is 1.17. The smallest absolute Gasteiger partial charge is 0.114 e. The van der Waals surface area contributed by atoms with Crippen LogP contribution in [0, 0.1) is 0 Å². The van der Waals surface area contributed by atoms with Crippen LogP contribution in [0.3, 0.4) is 0 Å². The van der Waals surface area contributed by atoms with Crippen molar-refractivity contribution in [1.82, 2.24) is 15.2 Å². The predicted molar refractivity (Wildman–Crippen MR) is 37.3 cm³/mol. The van der Waals surface area contributed by atoms with Crippen molar-refractivity contribution in [3.8, 4) is 0 Å². The Morgan fingerprint density at radius 2 is 1.78 bits per heavy atom. The SMILES string of the molecule is CN1CCN(C=[N])CC1. The highest BCUT2D eigenvalue weighted by atomic mass is 15.2. The highest BCUT2D eigenvalue weighted by Gasteiger charge is 2.09. The van der Waals surface area contributed by atoms with Crippen LogP contribution in [-0.2, 0) is 0 Å². The van der Waals surface area contributed by atoms with E-state index in [0.29, 0.717) is 0 Å². The molecule has 1 fully saturated rings. The summed E-state index contributed by atoms with van der Waals surface area (Å²) in [6, 6.07) is 0. The highest BCUT2D eigenvalue weighted by Crippen LogP contribution is 1.93. The molecule has 1 radical (unpaired) electrons. The largest absolute Gasteiger partial charge is 0.359 e. The lowest BCUT2D eigenvalue weighted by Crippen LogP contribution is -2.43. The molecule has 0 atom stereocenters. The topological polar surface area (TPSA) is 28.8 Å². The molecule has 3 nitrogen and oxygen atoms in total. The third-order valence-corrected chi connectivity index (χ3v) is 1.70. The number of hydrogen-bond donors (Lipinski definition) is 0. The molecular weight excluding hydrogens is 114 g/mol. The number of rotatable bonds is 1. The fraction of sp³-hybridized carbons (Fsp3) is 0.833. The second-order valence-corrected chi connectivity index (χ2v) is 2.45. The van der Waals surface area contributed by atoms with Crippen molar-refractivity contribution in [1.29, 1.82) is 0 Å². The summed E-state index contributed by atoms with van der Waals surface area (Å²) in [4.78, 5) is 4.17. The quantitative estimate of drug-likeness (QED) is 0.335. The van der Waals surface area contributed by atoms with E-state index in [9.17, 15) is 0 Å². The highest BCUT2D eigenvalue weighted by molar-refractivity contribution is 5.51. The third-order valence-electron chi connectivity index (χ3n) is 1.70. The van der Waals surface area contributed by atoms with Gasteiger partial charge in [-0.15, -0.1) is 5.41 Å². The van der Waals surface area contributed by atoms with Gasteiger partial charge < -0.3 is 9.80 Å². The van der Waals surface area contributed by atoms with E-state index in [0.717, 1.165) is 26.2 Å². The Bertz CT molecular complexity index is 94.5. The van der Waals surface area contributed by atoms with Crippen LogP contribution in [0.15, 0.2) is 0 Å². The number of piperazine rings is 1. The van der Waals surface area contributed by atoms with Crippen molar-refractivity contribution < 1.29 is 0 Å². The van der Waals surface area contributed by atoms with Crippen molar-refractivity contribution in [2.75, 3.05) is 33.2 Å². The average Bonchev–Trinajstić information content (AvgIpc) is 1.90. The molecule has 0 aliphatic carbocycles. The molecule has 0 unspecified atom stereocenters. The molecule has 1 saturated heterocycles. The number of nitrogens with zero attached hydrogens (tertiary/aromatic N) is 3. The van der Waals surface area contributed by atoms with Crippen LogP contribution in [0.1, 0.15) is 0 Å². The first-order valence-corrected chi connectivity index (χ1v) is 3.23. The van der Waals surface area contributed by atoms with Gasteiger partial charge in [-0.3, -0.25) is 0 Å². The van der Waals surface area contributed by atoms with E-state index in [1.807, 2.05) is 4.90 Å². The maximum Gasteiger partial charge on any atom is 0.114 e. The van der Waals surface area contributed by atoms with Gasteiger partial charge in [0.1, 0.15) is 6.34 Å². The van der Waals surface area contributed by atoms with Gasteiger partial charge in [0, 0.05) is 26.2 Å². The minimum absolute atomic E-state index is 0.951. The Morgan fingerprint density at radius 3 is 2.22 bits per heavy atom. The maximum absolute atomic E-state index is 8.56. The summed E-state index contributed by atoms with van der Waals surface area (Å²) < 4.78 is 0. The normalized spacial score (nSPS) is 22.1. The van der Waals surface area contributed by atoms with E-state index in [4.69, 9.17) is 5.41 Å². The second-order valence-electron chi connectivity index (χ2n) is 2.45. The first-order valence-electron chi connectivity index (χ1n) is 3.23. The zero-order valence-corrected chi connectivity index (χ0v) is 5.75. The molecule has 9 heavy (non-hydrogen) atoms. The van der Waals surface area contributed by atoms with Crippen LogP contribution in [-0.4, -0.2) is 49.4 Å². The summed E-state index contributed by atoms with van der Waals surface area (Å²) in [5.74, 6) is 0. The fourth-order valence-corrected chi connectivity index (χ4v) is 0.937. The molecule has 1 rings (SSSR count). The summed E-state index contributed by atoms with van der Waals surface area (Å²) in [5, 5.41) is 8.56. The fourth-order valence-electron chi connectivity index (χ4n) is 0.937. The monoisotopic (exact) mass is 126 g/mol.